The third-order valence-electron chi connectivity index (χ3n) is 13.0. The summed E-state index contributed by atoms with van der Waals surface area (Å²) in [5, 5.41) is 129. The summed E-state index contributed by atoms with van der Waals surface area (Å²) in [6.07, 6.45) is -20.8. The Morgan fingerprint density at radius 1 is 0.633 bits per heavy atom. The topological polar surface area (TPSA) is 391 Å². The van der Waals surface area contributed by atoms with Crippen molar-refractivity contribution in [2.75, 3.05) is 41.2 Å². The van der Waals surface area contributed by atoms with Crippen LogP contribution in [-0.2, 0) is 42.7 Å². The Hall–Kier alpha value is -7.44. The lowest BCUT2D eigenvalue weighted by Crippen LogP contribution is -2.63. The molecule has 4 aliphatic rings. The molecule has 4 aromatic rings. The summed E-state index contributed by atoms with van der Waals surface area (Å²) < 4.78 is 67.6. The van der Waals surface area contributed by atoms with Crippen LogP contribution in [0.15, 0.2) is 84.6 Å². The van der Waals surface area contributed by atoms with Crippen LogP contribution in [0.3, 0.4) is 0 Å². The summed E-state index contributed by atoms with van der Waals surface area (Å²) in [7, 11) is 3.93. The van der Waals surface area contributed by atoms with Crippen molar-refractivity contribution in [1.29, 1.82) is 0 Å². The average Bonchev–Trinajstić information content (AvgIpc) is 3.45. The van der Waals surface area contributed by atoms with Gasteiger partial charge in [0.2, 0.25) is 18.3 Å². The second-order valence-electron chi connectivity index (χ2n) is 18.3. The molecule has 0 bridgehead atoms. The minimum Gasteiger partial charge on any atom is -0.571 e. The minimum absolute atomic E-state index is 0.00825. The van der Waals surface area contributed by atoms with E-state index in [2.05, 4.69) is 0 Å². The van der Waals surface area contributed by atoms with Crippen LogP contribution in [0.2, 0.25) is 0 Å². The summed E-state index contributed by atoms with van der Waals surface area (Å²) in [6.45, 7) is -2.15. The molecule has 4 aromatic carbocycles. The number of esters is 2. The number of ether oxygens (including phenoxy) is 12. The smallest absolute Gasteiger partial charge is 0.331 e. The number of aliphatic hydroxyl groups excluding tert-OH is 8. The number of fused-ring (bicyclic) bond motifs is 1. The number of aliphatic hydroxyl groups is 9. The van der Waals surface area contributed by atoms with Crippen LogP contribution in [0.25, 0.3) is 18.2 Å². The van der Waals surface area contributed by atoms with Crippen LogP contribution in [0, 0.1) is 0 Å². The lowest BCUT2D eigenvalue weighted by atomic mass is 9.97. The van der Waals surface area contributed by atoms with E-state index < -0.39 is 130 Å². The van der Waals surface area contributed by atoms with Crippen LogP contribution >= 0.6 is 0 Å². The van der Waals surface area contributed by atoms with Crippen molar-refractivity contribution in [1.82, 2.24) is 0 Å². The van der Waals surface area contributed by atoms with Crippen LogP contribution in [0.1, 0.15) is 28.4 Å². The first kappa shape index (κ1) is 57.7. The zero-order chi connectivity index (χ0) is 56.8. The fraction of sp³-hybridized carbons (Fsp3) is 0.396. The van der Waals surface area contributed by atoms with Crippen molar-refractivity contribution in [3.63, 3.8) is 0 Å². The predicted molar refractivity (Wildman–Crippen MR) is 266 cm³/mol. The molecule has 0 amide bonds. The molecule has 26 heteroatoms. The Morgan fingerprint density at radius 2 is 1.28 bits per heavy atom. The fourth-order valence-electron chi connectivity index (χ4n) is 8.76. The molecule has 8 rings (SSSR count). The molecule has 13 N–H and O–H groups in total. The number of phenolic OH excluding ortho intramolecular Hbond substituents is 4. The first-order valence-corrected chi connectivity index (χ1v) is 24.2. The van der Waals surface area contributed by atoms with E-state index in [1.54, 1.807) is 0 Å². The fourth-order valence-corrected chi connectivity index (χ4v) is 8.76. The van der Waals surface area contributed by atoms with Gasteiger partial charge in [0, 0.05) is 24.3 Å². The molecule has 3 saturated heterocycles. The summed E-state index contributed by atoms with van der Waals surface area (Å²) in [5.74, 6) is -3.33. The van der Waals surface area contributed by atoms with Gasteiger partial charge in [-0.15, -0.1) is 0 Å². The lowest BCUT2D eigenvalue weighted by Gasteiger charge is -2.45. The first-order chi connectivity index (χ1) is 37.8. The molecule has 0 aromatic heterocycles. The van der Waals surface area contributed by atoms with Gasteiger partial charge in [-0.3, -0.25) is 0 Å². The van der Waals surface area contributed by atoms with E-state index in [4.69, 9.17) is 56.8 Å². The maximum Gasteiger partial charge on any atom is 0.331 e. The molecular formula is C53H59O26+. The highest BCUT2D eigenvalue weighted by Crippen LogP contribution is 2.47. The maximum atomic E-state index is 13.4. The van der Waals surface area contributed by atoms with E-state index in [0.717, 1.165) is 18.2 Å². The van der Waals surface area contributed by atoms with Gasteiger partial charge in [-0.2, -0.15) is 0 Å². The molecule has 4 aliphatic heterocycles. The number of aromatic hydroxyl groups is 5. The van der Waals surface area contributed by atoms with Gasteiger partial charge in [-0.25, -0.2) is 9.59 Å². The Kier molecular flexibility index (Phi) is 18.4. The van der Waals surface area contributed by atoms with Crippen molar-refractivity contribution in [2.45, 2.75) is 92.1 Å². The number of carbonyl (C=O) groups is 2. The van der Waals surface area contributed by atoms with E-state index in [1.165, 1.54) is 100 Å². The van der Waals surface area contributed by atoms with Gasteiger partial charge >= 0.3 is 11.9 Å². The highest BCUT2D eigenvalue weighted by atomic mass is 16.8. The number of rotatable bonds is 18. The van der Waals surface area contributed by atoms with Gasteiger partial charge < -0.3 is 118 Å². The Balaban J connectivity index is 1.13. The summed E-state index contributed by atoms with van der Waals surface area (Å²) >= 11 is 0. The zero-order valence-corrected chi connectivity index (χ0v) is 42.1. The van der Waals surface area contributed by atoms with Crippen molar-refractivity contribution < 1.29 is 128 Å². The number of benzene rings is 4. The Bertz CT molecular complexity index is 2850. The second-order valence-corrected chi connectivity index (χ2v) is 18.3. The van der Waals surface area contributed by atoms with Gasteiger partial charge in [-0.1, -0.05) is 6.07 Å². The summed E-state index contributed by atoms with van der Waals surface area (Å²) in [6, 6.07) is 15.0. The van der Waals surface area contributed by atoms with E-state index in [-0.39, 0.29) is 57.3 Å². The van der Waals surface area contributed by atoms with Crippen LogP contribution in [0.4, 0.5) is 0 Å². The number of hydrogen-bond acceptors (Lipinski definition) is 25. The highest BCUT2D eigenvalue weighted by molar-refractivity contribution is 5.88. The Morgan fingerprint density at radius 3 is 1.96 bits per heavy atom. The normalized spacial score (nSPS) is 29.7. The van der Waals surface area contributed by atoms with Gasteiger partial charge in [0.05, 0.1) is 46.2 Å². The van der Waals surface area contributed by atoms with Crippen LogP contribution in [-0.4, -0.2) is 205 Å². The summed E-state index contributed by atoms with van der Waals surface area (Å²) in [4.78, 5) is 26.5. The molecule has 0 spiro atoms. The molecule has 15 atom stereocenters. The number of phenols is 4. The molecule has 0 aliphatic carbocycles. The van der Waals surface area contributed by atoms with Gasteiger partial charge in [0.1, 0.15) is 84.4 Å². The molecule has 0 saturated carbocycles. The standard InChI is InChI=1S/C53H58O26/c1-68-33-14-23(4-11-29(33)57)5-12-39(59)71-22-38-44(64)46(66)50(79-52-49(41(61)30(58)21-72-52)78-40(60)13-6-24-15-34(69-2)42(62)35(16-24)70-3)53(77-38)75-36-19-28-31(73-48(36)25-7-9-26(55)10-8-25)17-27(56)18-32(28)74-51-47(67)45(65)43(63)37(20-54)76-51/h4-19,30,37-38,41,43-58,61-67H,20-22H2,1-3H3/p+1/b12-5+,13-6+/t30-,37-,38-,41+,43+,44+,45-,46-,47+,48?,49+,50+,51+,52+,53+/m0/s1. The SMILES string of the molecule is COc1cc(/C=C/C(=O)OC[C@@H]2O[C@@H](OC3=Cc4c(O[C@@H]5O[C@@H](CO)[C@@H](O)[C@H](O)[C@H]5O)cc(O)cc4[OH+]C3c3ccc(O)cc3)[C@H](O[C@H]3OC[C@H](O)[C@@H](O)[C@H]3OC(=O)/C=C/c3cc(OC)c(O)c(OC)c3)[C@@H](O)[C@@H]2O)ccc1O. The lowest BCUT2D eigenvalue weighted by molar-refractivity contribution is -0.353. The number of methoxy groups -OCH3 is 3. The van der Waals surface area contributed by atoms with Gasteiger partial charge in [0.25, 0.3) is 11.9 Å². The number of carbonyl (C=O) groups excluding carboxylic acids is 2. The second kappa shape index (κ2) is 25.1. The largest absolute Gasteiger partial charge is 0.571 e. The van der Waals surface area contributed by atoms with E-state index in [1.807, 2.05) is 0 Å². The summed E-state index contributed by atoms with van der Waals surface area (Å²) in [5.41, 5.74) is 1.08. The van der Waals surface area contributed by atoms with E-state index in [9.17, 15) is 70.9 Å². The van der Waals surface area contributed by atoms with Crippen molar-refractivity contribution in [3.05, 3.63) is 107 Å². The molecule has 1 unspecified atom stereocenters. The first-order valence-electron chi connectivity index (χ1n) is 24.2. The quantitative estimate of drug-likeness (QED) is 0.0350. The molecule has 26 nitrogen and oxygen atoms in total. The maximum absolute atomic E-state index is 13.4. The molecule has 79 heavy (non-hydrogen) atoms. The average molecular weight is 1110 g/mol. The number of hydrogen-bond donors (Lipinski definition) is 12. The van der Waals surface area contributed by atoms with E-state index in [0.29, 0.717) is 16.7 Å². The Labute approximate surface area is 448 Å². The van der Waals surface area contributed by atoms with Crippen LogP contribution < -0.4 is 18.9 Å². The molecule has 426 valence electrons. The predicted octanol–water partition coefficient (Wildman–Crippen LogP) is -0.141. The molecule has 3 fully saturated rings. The van der Waals surface area contributed by atoms with Crippen molar-refractivity contribution >= 4 is 30.2 Å². The molecule has 0 radical (unpaired) electrons. The van der Waals surface area contributed by atoms with Gasteiger partial charge in [-0.05, 0) is 71.8 Å². The molecule has 4 heterocycles. The monoisotopic (exact) mass is 1110 g/mol. The minimum atomic E-state index is -2.08. The van der Waals surface area contributed by atoms with Gasteiger partial charge in [0.15, 0.2) is 47.3 Å². The third kappa shape index (κ3) is 13.0. The molecular weight excluding hydrogens is 1050 g/mol. The van der Waals surface area contributed by atoms with E-state index >= 15 is 0 Å². The highest BCUT2D eigenvalue weighted by Gasteiger charge is 2.53. The van der Waals surface area contributed by atoms with Crippen LogP contribution in [0.5, 0.6) is 51.7 Å². The van der Waals surface area contributed by atoms with Crippen molar-refractivity contribution in [3.8, 4) is 51.7 Å². The third-order valence-corrected chi connectivity index (χ3v) is 13.0. The zero-order valence-electron chi connectivity index (χ0n) is 42.1. The van der Waals surface area contributed by atoms with Crippen molar-refractivity contribution in [2.24, 2.45) is 0 Å².